The normalized spacial score (nSPS) is 15.1. The first kappa shape index (κ1) is 12.8. The van der Waals surface area contributed by atoms with E-state index >= 15 is 0 Å². The third-order valence-electron chi connectivity index (χ3n) is 2.76. The van der Waals surface area contributed by atoms with Crippen LogP contribution in [0, 0.1) is 0 Å². The number of anilines is 1. The smallest absolute Gasteiger partial charge is 0.231 e. The molecule has 20 heavy (non-hydrogen) atoms. The van der Waals surface area contributed by atoms with Crippen LogP contribution in [-0.2, 0) is 0 Å². The molecule has 5 nitrogen and oxygen atoms in total. The first-order chi connectivity index (χ1) is 9.63. The summed E-state index contributed by atoms with van der Waals surface area (Å²) in [6, 6.07) is 4.12. The van der Waals surface area contributed by atoms with E-state index in [0.29, 0.717) is 15.8 Å². The van der Waals surface area contributed by atoms with Crippen molar-refractivity contribution in [3.8, 4) is 5.88 Å². The third-order valence-corrected chi connectivity index (χ3v) is 3.68. The van der Waals surface area contributed by atoms with Crippen LogP contribution in [0.25, 0.3) is 11.6 Å². The van der Waals surface area contributed by atoms with Crippen molar-refractivity contribution in [2.45, 2.75) is 19.9 Å². The highest BCUT2D eigenvalue weighted by Gasteiger charge is 2.15. The average Bonchev–Trinajstić information content (AvgIpc) is 2.95. The summed E-state index contributed by atoms with van der Waals surface area (Å²) in [4.78, 5) is 13.3. The summed E-state index contributed by atoms with van der Waals surface area (Å²) in [6.07, 6.45) is 5.36. The maximum absolute atomic E-state index is 9.91. The lowest BCUT2D eigenvalue weighted by Gasteiger charge is -2.03. The SMILES string of the molecule is CC(C)Nc1nc(O)c(C=C2C=Nc3ncccc32)s1. The predicted molar refractivity (Wildman–Crippen MR) is 82.8 cm³/mol. The zero-order valence-corrected chi connectivity index (χ0v) is 12.0. The molecule has 0 spiro atoms. The van der Waals surface area contributed by atoms with Gasteiger partial charge in [-0.05, 0) is 32.1 Å². The third kappa shape index (κ3) is 2.42. The lowest BCUT2D eigenvalue weighted by atomic mass is 10.1. The molecule has 0 saturated carbocycles. The van der Waals surface area contributed by atoms with Crippen molar-refractivity contribution < 1.29 is 5.11 Å². The van der Waals surface area contributed by atoms with Gasteiger partial charge >= 0.3 is 0 Å². The van der Waals surface area contributed by atoms with Crippen LogP contribution < -0.4 is 5.32 Å². The maximum Gasteiger partial charge on any atom is 0.231 e. The van der Waals surface area contributed by atoms with Gasteiger partial charge in [0.05, 0.1) is 4.88 Å². The van der Waals surface area contributed by atoms with Gasteiger partial charge in [0.2, 0.25) is 5.88 Å². The van der Waals surface area contributed by atoms with Gasteiger partial charge in [-0.15, -0.1) is 0 Å². The van der Waals surface area contributed by atoms with E-state index in [9.17, 15) is 5.11 Å². The Morgan fingerprint density at radius 1 is 1.40 bits per heavy atom. The molecule has 102 valence electrons. The molecule has 0 radical (unpaired) electrons. The summed E-state index contributed by atoms with van der Waals surface area (Å²) in [7, 11) is 0. The Balaban J connectivity index is 1.94. The highest BCUT2D eigenvalue weighted by molar-refractivity contribution is 7.16. The van der Waals surface area contributed by atoms with Gasteiger partial charge in [0.15, 0.2) is 10.9 Å². The molecule has 2 N–H and O–H groups in total. The lowest BCUT2D eigenvalue weighted by Crippen LogP contribution is -2.08. The summed E-state index contributed by atoms with van der Waals surface area (Å²) < 4.78 is 0. The second-order valence-electron chi connectivity index (χ2n) is 4.74. The van der Waals surface area contributed by atoms with E-state index in [1.54, 1.807) is 12.4 Å². The van der Waals surface area contributed by atoms with E-state index < -0.39 is 0 Å². The minimum atomic E-state index is 0.0383. The van der Waals surface area contributed by atoms with Crippen molar-refractivity contribution in [3.63, 3.8) is 0 Å². The highest BCUT2D eigenvalue weighted by Crippen LogP contribution is 2.35. The molecule has 0 saturated heterocycles. The number of hydrogen-bond acceptors (Lipinski definition) is 6. The van der Waals surface area contributed by atoms with E-state index in [0.717, 1.165) is 11.1 Å². The molecule has 6 heteroatoms. The van der Waals surface area contributed by atoms with Crippen molar-refractivity contribution >= 4 is 40.1 Å². The number of rotatable bonds is 3. The summed E-state index contributed by atoms with van der Waals surface area (Å²) in [5, 5.41) is 13.8. The van der Waals surface area contributed by atoms with Crippen molar-refractivity contribution in [2.24, 2.45) is 4.99 Å². The number of allylic oxidation sites excluding steroid dienone is 1. The Morgan fingerprint density at radius 3 is 3.05 bits per heavy atom. The first-order valence-corrected chi connectivity index (χ1v) is 7.12. The van der Waals surface area contributed by atoms with Crippen LogP contribution in [0.1, 0.15) is 24.3 Å². The van der Waals surface area contributed by atoms with Crippen molar-refractivity contribution in [1.29, 1.82) is 0 Å². The topological polar surface area (TPSA) is 70.4 Å². The largest absolute Gasteiger partial charge is 0.492 e. The Hall–Kier alpha value is -2.21. The lowest BCUT2D eigenvalue weighted by molar-refractivity contribution is 0.456. The molecule has 0 aliphatic carbocycles. The Labute approximate surface area is 120 Å². The van der Waals surface area contributed by atoms with E-state index in [1.165, 1.54) is 11.3 Å². The molecule has 3 rings (SSSR count). The summed E-state index contributed by atoms with van der Waals surface area (Å²) in [6.45, 7) is 4.06. The fraction of sp³-hybridized carbons (Fsp3) is 0.214. The molecule has 0 bridgehead atoms. The minimum absolute atomic E-state index is 0.0383. The van der Waals surface area contributed by atoms with E-state index in [-0.39, 0.29) is 11.9 Å². The fourth-order valence-corrected chi connectivity index (χ4v) is 2.87. The average molecular weight is 286 g/mol. The standard InChI is InChI=1S/C14H14N4OS/c1-8(2)17-14-18-13(19)11(20-14)6-9-7-16-12-10(9)4-3-5-15-12/h3-8,19H,1-2H3,(H,17,18). The molecular formula is C14H14N4OS. The molecule has 0 unspecified atom stereocenters. The van der Waals surface area contributed by atoms with Crippen molar-refractivity contribution in [1.82, 2.24) is 9.97 Å². The minimum Gasteiger partial charge on any atom is -0.492 e. The number of hydrogen-bond donors (Lipinski definition) is 2. The monoisotopic (exact) mass is 286 g/mol. The van der Waals surface area contributed by atoms with Crippen LogP contribution in [0.4, 0.5) is 10.9 Å². The zero-order valence-electron chi connectivity index (χ0n) is 11.2. The van der Waals surface area contributed by atoms with Crippen LogP contribution in [0.2, 0.25) is 0 Å². The van der Waals surface area contributed by atoms with Crippen molar-refractivity contribution in [2.75, 3.05) is 5.32 Å². The Kier molecular flexibility index (Phi) is 3.23. The van der Waals surface area contributed by atoms with E-state index in [4.69, 9.17) is 0 Å². The second-order valence-corrected chi connectivity index (χ2v) is 5.77. The number of aromatic hydroxyl groups is 1. The molecule has 3 heterocycles. The van der Waals surface area contributed by atoms with E-state index in [2.05, 4.69) is 20.3 Å². The van der Waals surface area contributed by atoms with Gasteiger partial charge in [-0.25, -0.2) is 9.98 Å². The van der Waals surface area contributed by atoms with Gasteiger partial charge < -0.3 is 10.4 Å². The number of nitrogens with zero attached hydrogens (tertiary/aromatic N) is 3. The van der Waals surface area contributed by atoms with Crippen LogP contribution in [0.5, 0.6) is 5.88 Å². The Morgan fingerprint density at radius 2 is 2.25 bits per heavy atom. The molecular weight excluding hydrogens is 272 g/mol. The predicted octanol–water partition coefficient (Wildman–Crippen LogP) is 3.32. The number of aromatic nitrogens is 2. The van der Waals surface area contributed by atoms with Crippen molar-refractivity contribution in [3.05, 3.63) is 28.8 Å². The number of pyridine rings is 1. The number of thiazole rings is 1. The van der Waals surface area contributed by atoms with Crippen LogP contribution in [0.3, 0.4) is 0 Å². The molecule has 2 aromatic rings. The van der Waals surface area contributed by atoms with E-state index in [1.807, 2.05) is 32.1 Å². The summed E-state index contributed by atoms with van der Waals surface area (Å²) >= 11 is 1.42. The number of fused-ring (bicyclic) bond motifs is 1. The van der Waals surface area contributed by atoms with Gasteiger partial charge in [0.25, 0.3) is 0 Å². The maximum atomic E-state index is 9.91. The zero-order chi connectivity index (χ0) is 14.1. The van der Waals surface area contributed by atoms with Crippen LogP contribution in [-0.4, -0.2) is 27.3 Å². The molecule has 2 aromatic heterocycles. The van der Waals surface area contributed by atoms with Gasteiger partial charge in [-0.1, -0.05) is 11.3 Å². The summed E-state index contributed by atoms with van der Waals surface area (Å²) in [5.41, 5.74) is 1.90. The molecule has 0 fully saturated rings. The molecule has 0 aromatic carbocycles. The molecule has 0 atom stereocenters. The molecule has 1 aliphatic rings. The van der Waals surface area contributed by atoms with Gasteiger partial charge in [0.1, 0.15) is 0 Å². The summed E-state index contributed by atoms with van der Waals surface area (Å²) in [5.74, 6) is 0.750. The molecule has 0 amide bonds. The van der Waals surface area contributed by atoms with Crippen LogP contribution >= 0.6 is 11.3 Å². The number of aliphatic imine (C=N–C) groups is 1. The Bertz CT molecular complexity index is 703. The van der Waals surface area contributed by atoms with Crippen LogP contribution in [0.15, 0.2) is 23.3 Å². The highest BCUT2D eigenvalue weighted by atomic mass is 32.1. The van der Waals surface area contributed by atoms with Gasteiger partial charge in [0, 0.05) is 29.6 Å². The van der Waals surface area contributed by atoms with Gasteiger partial charge in [-0.3, -0.25) is 0 Å². The fourth-order valence-electron chi connectivity index (χ4n) is 1.91. The molecule has 1 aliphatic heterocycles. The number of nitrogens with one attached hydrogen (secondary N) is 1. The second kappa shape index (κ2) is 5.05. The van der Waals surface area contributed by atoms with Gasteiger partial charge in [-0.2, -0.15) is 4.98 Å². The quantitative estimate of drug-likeness (QED) is 0.908. The first-order valence-electron chi connectivity index (χ1n) is 6.31.